The van der Waals surface area contributed by atoms with E-state index in [-0.39, 0.29) is 0 Å². The van der Waals surface area contributed by atoms with Crippen LogP contribution in [-0.4, -0.2) is 17.7 Å². The van der Waals surface area contributed by atoms with E-state index in [1.54, 1.807) is 6.20 Å². The smallest absolute Gasteiger partial charge is 0.0741 e. The van der Waals surface area contributed by atoms with Gasteiger partial charge in [0, 0.05) is 11.3 Å². The van der Waals surface area contributed by atoms with Crippen LogP contribution in [0.3, 0.4) is 0 Å². The summed E-state index contributed by atoms with van der Waals surface area (Å²) in [6.45, 7) is 4.99. The van der Waals surface area contributed by atoms with E-state index in [2.05, 4.69) is 24.9 Å². The molecule has 106 valence electrons. The largest absolute Gasteiger partial charge is 0.396 e. The fourth-order valence-corrected chi connectivity index (χ4v) is 3.09. The molecular weight excluding hydrogens is 250 g/mol. The predicted octanol–water partition coefficient (Wildman–Crippen LogP) is 2.99. The SMILES string of the molecule is Cc1ccc2ncc(N)c(N)c2c1C1CC[C@@H](C)OC1. The van der Waals surface area contributed by atoms with Crippen molar-refractivity contribution in [3.05, 3.63) is 29.5 Å². The number of aryl methyl sites for hydroxylation is 1. The van der Waals surface area contributed by atoms with Gasteiger partial charge < -0.3 is 16.2 Å². The Morgan fingerprint density at radius 1 is 1.25 bits per heavy atom. The standard InChI is InChI=1S/C16H21N3O/c1-9-3-6-13-15(16(18)12(17)7-19-13)14(9)11-5-4-10(2)20-8-11/h3,6-7,10-11H,4-5,8,17H2,1-2H3,(H2,18,19)/t10-,11?/m1/s1. The second-order valence-electron chi connectivity index (χ2n) is 5.74. The molecule has 0 bridgehead atoms. The van der Waals surface area contributed by atoms with Gasteiger partial charge in [0.1, 0.15) is 0 Å². The van der Waals surface area contributed by atoms with Gasteiger partial charge in [-0.05, 0) is 43.9 Å². The highest BCUT2D eigenvalue weighted by molar-refractivity contribution is 5.99. The lowest BCUT2D eigenvalue weighted by Crippen LogP contribution is -2.23. The molecule has 0 radical (unpaired) electrons. The highest BCUT2D eigenvalue weighted by Crippen LogP contribution is 2.38. The number of anilines is 2. The molecule has 1 aromatic heterocycles. The molecular formula is C16H21N3O. The second kappa shape index (κ2) is 4.94. The maximum absolute atomic E-state index is 6.22. The normalized spacial score (nSPS) is 23.1. The monoisotopic (exact) mass is 271 g/mol. The summed E-state index contributed by atoms with van der Waals surface area (Å²) in [5, 5.41) is 1.01. The molecule has 4 N–H and O–H groups in total. The molecule has 2 atom stereocenters. The molecule has 1 aliphatic heterocycles. The number of hydrogen-bond acceptors (Lipinski definition) is 4. The van der Waals surface area contributed by atoms with Gasteiger partial charge in [0.25, 0.3) is 0 Å². The van der Waals surface area contributed by atoms with Crippen LogP contribution >= 0.6 is 0 Å². The number of pyridine rings is 1. The summed E-state index contributed by atoms with van der Waals surface area (Å²) in [6, 6.07) is 4.12. The predicted molar refractivity (Wildman–Crippen MR) is 82.7 cm³/mol. The van der Waals surface area contributed by atoms with E-state index in [9.17, 15) is 0 Å². The van der Waals surface area contributed by atoms with Crippen LogP contribution in [0.5, 0.6) is 0 Å². The van der Waals surface area contributed by atoms with Crippen molar-refractivity contribution in [3.63, 3.8) is 0 Å². The van der Waals surface area contributed by atoms with E-state index >= 15 is 0 Å². The molecule has 1 aliphatic rings. The van der Waals surface area contributed by atoms with E-state index in [4.69, 9.17) is 16.2 Å². The molecule has 4 nitrogen and oxygen atoms in total. The Morgan fingerprint density at radius 3 is 2.75 bits per heavy atom. The van der Waals surface area contributed by atoms with Gasteiger partial charge in [-0.2, -0.15) is 0 Å². The first-order chi connectivity index (χ1) is 9.58. The summed E-state index contributed by atoms with van der Waals surface area (Å²) < 4.78 is 5.83. The molecule has 0 aliphatic carbocycles. The van der Waals surface area contributed by atoms with Crippen molar-refractivity contribution < 1.29 is 4.74 Å². The lowest BCUT2D eigenvalue weighted by Gasteiger charge is -2.29. The maximum atomic E-state index is 6.22. The third kappa shape index (κ3) is 2.10. The van der Waals surface area contributed by atoms with Crippen molar-refractivity contribution in [3.8, 4) is 0 Å². The first-order valence-electron chi connectivity index (χ1n) is 7.12. The van der Waals surface area contributed by atoms with Crippen molar-refractivity contribution in [2.45, 2.75) is 38.7 Å². The van der Waals surface area contributed by atoms with Crippen molar-refractivity contribution in [1.82, 2.24) is 4.98 Å². The van der Waals surface area contributed by atoms with E-state index in [0.717, 1.165) is 30.4 Å². The van der Waals surface area contributed by atoms with Gasteiger partial charge in [0.05, 0.1) is 35.8 Å². The molecule has 0 amide bonds. The lowest BCUT2D eigenvalue weighted by molar-refractivity contribution is 0.0156. The second-order valence-corrected chi connectivity index (χ2v) is 5.74. The van der Waals surface area contributed by atoms with Gasteiger partial charge in [0.15, 0.2) is 0 Å². The van der Waals surface area contributed by atoms with E-state index in [1.807, 2.05) is 6.07 Å². The minimum absolute atomic E-state index is 0.349. The summed E-state index contributed by atoms with van der Waals surface area (Å²) in [6.07, 6.45) is 4.18. The minimum atomic E-state index is 0.349. The number of aromatic nitrogens is 1. The zero-order chi connectivity index (χ0) is 14.3. The van der Waals surface area contributed by atoms with E-state index in [0.29, 0.717) is 23.4 Å². The van der Waals surface area contributed by atoms with Crippen LogP contribution in [0, 0.1) is 6.92 Å². The molecule has 1 aromatic carbocycles. The Morgan fingerprint density at radius 2 is 2.05 bits per heavy atom. The quantitative estimate of drug-likeness (QED) is 0.836. The Bertz CT molecular complexity index is 640. The molecule has 4 heteroatoms. The first-order valence-corrected chi connectivity index (χ1v) is 7.12. The molecule has 0 saturated carbocycles. The summed E-state index contributed by atoms with van der Waals surface area (Å²) in [5.74, 6) is 0.376. The number of benzene rings is 1. The molecule has 3 rings (SSSR count). The molecule has 1 unspecified atom stereocenters. The van der Waals surface area contributed by atoms with Gasteiger partial charge in [-0.3, -0.25) is 4.98 Å². The number of nitrogen functional groups attached to an aromatic ring is 2. The minimum Gasteiger partial charge on any atom is -0.396 e. The average Bonchev–Trinajstić information content (AvgIpc) is 2.44. The highest BCUT2D eigenvalue weighted by atomic mass is 16.5. The Balaban J connectivity index is 2.18. The van der Waals surface area contributed by atoms with E-state index < -0.39 is 0 Å². The number of rotatable bonds is 1. The summed E-state index contributed by atoms with van der Waals surface area (Å²) in [4.78, 5) is 4.41. The van der Waals surface area contributed by atoms with Gasteiger partial charge in [-0.1, -0.05) is 6.07 Å². The molecule has 1 fully saturated rings. The van der Waals surface area contributed by atoms with Crippen LogP contribution in [0.25, 0.3) is 10.9 Å². The topological polar surface area (TPSA) is 74.2 Å². The van der Waals surface area contributed by atoms with Crippen molar-refractivity contribution in [1.29, 1.82) is 0 Å². The van der Waals surface area contributed by atoms with Crippen LogP contribution in [-0.2, 0) is 4.74 Å². The number of nitrogens with zero attached hydrogens (tertiary/aromatic N) is 1. The first kappa shape index (κ1) is 13.2. The summed E-state index contributed by atoms with van der Waals surface area (Å²) >= 11 is 0. The van der Waals surface area contributed by atoms with Crippen LogP contribution < -0.4 is 11.5 Å². The molecule has 1 saturated heterocycles. The average molecular weight is 271 g/mol. The van der Waals surface area contributed by atoms with Crippen molar-refractivity contribution in [2.24, 2.45) is 0 Å². The zero-order valence-electron chi connectivity index (χ0n) is 12.0. The fourth-order valence-electron chi connectivity index (χ4n) is 3.09. The number of hydrogen-bond donors (Lipinski definition) is 2. The maximum Gasteiger partial charge on any atom is 0.0741 e. The molecule has 2 heterocycles. The van der Waals surface area contributed by atoms with Gasteiger partial charge in [-0.15, -0.1) is 0 Å². The summed E-state index contributed by atoms with van der Waals surface area (Å²) in [7, 11) is 0. The third-order valence-corrected chi connectivity index (χ3v) is 4.28. The Labute approximate surface area is 119 Å². The molecule has 20 heavy (non-hydrogen) atoms. The van der Waals surface area contributed by atoms with Gasteiger partial charge in [-0.25, -0.2) is 0 Å². The van der Waals surface area contributed by atoms with Crippen molar-refractivity contribution in [2.75, 3.05) is 18.1 Å². The van der Waals surface area contributed by atoms with Crippen molar-refractivity contribution >= 4 is 22.3 Å². The van der Waals surface area contributed by atoms with Crippen LogP contribution in [0.15, 0.2) is 18.3 Å². The summed E-state index contributed by atoms with van der Waals surface area (Å²) in [5.41, 5.74) is 16.8. The fraction of sp³-hybridized carbons (Fsp3) is 0.438. The van der Waals surface area contributed by atoms with Crippen LogP contribution in [0.4, 0.5) is 11.4 Å². The zero-order valence-corrected chi connectivity index (χ0v) is 12.0. The number of fused-ring (bicyclic) bond motifs is 1. The molecule has 0 spiro atoms. The third-order valence-electron chi connectivity index (χ3n) is 4.28. The van der Waals surface area contributed by atoms with Crippen LogP contribution in [0.1, 0.15) is 36.8 Å². The number of nitrogens with two attached hydrogens (primary N) is 2. The van der Waals surface area contributed by atoms with Gasteiger partial charge >= 0.3 is 0 Å². The molecule has 2 aromatic rings. The Hall–Kier alpha value is -1.81. The number of ether oxygens (including phenoxy) is 1. The van der Waals surface area contributed by atoms with E-state index in [1.165, 1.54) is 11.1 Å². The highest BCUT2D eigenvalue weighted by Gasteiger charge is 2.24. The van der Waals surface area contributed by atoms with Crippen LogP contribution in [0.2, 0.25) is 0 Å². The Kier molecular flexibility index (Phi) is 3.26. The van der Waals surface area contributed by atoms with Gasteiger partial charge in [0.2, 0.25) is 0 Å². The lowest BCUT2D eigenvalue weighted by atomic mass is 9.85.